The van der Waals surface area contributed by atoms with Crippen molar-refractivity contribution in [3.05, 3.63) is 29.8 Å². The second-order valence-electron chi connectivity index (χ2n) is 7.95. The van der Waals surface area contributed by atoms with Crippen molar-refractivity contribution in [2.75, 3.05) is 53.1 Å². The lowest BCUT2D eigenvalue weighted by atomic mass is 10.1. The van der Waals surface area contributed by atoms with E-state index in [9.17, 15) is 8.42 Å². The Bertz CT molecular complexity index is 790. The lowest BCUT2D eigenvalue weighted by Crippen LogP contribution is -2.57. The Kier molecular flexibility index (Phi) is 7.33. The maximum Gasteiger partial charge on any atom is 0.194 e. The van der Waals surface area contributed by atoms with Crippen LogP contribution in [0.3, 0.4) is 0 Å². The molecule has 2 rings (SSSR count). The van der Waals surface area contributed by atoms with E-state index < -0.39 is 14.6 Å². The fraction of sp³-hybridized carbons (Fsp3) is 0.650. The zero-order valence-electron chi connectivity index (χ0n) is 17.9. The number of guanidine groups is 1. The third-order valence-electron chi connectivity index (χ3n) is 5.19. The molecule has 1 aliphatic heterocycles. The topological polar surface area (TPSA) is 74.2 Å². The van der Waals surface area contributed by atoms with Crippen molar-refractivity contribution in [3.8, 4) is 5.75 Å². The molecular weight excluding hydrogens is 376 g/mol. The molecule has 0 spiro atoms. The molecular formula is C20H34N4O3S. The highest BCUT2D eigenvalue weighted by atomic mass is 32.2. The number of aliphatic imine (C=N–C) groups is 1. The molecule has 0 bridgehead atoms. The Morgan fingerprint density at radius 1 is 1.39 bits per heavy atom. The van der Waals surface area contributed by atoms with E-state index in [1.165, 1.54) is 0 Å². The van der Waals surface area contributed by atoms with E-state index in [1.54, 1.807) is 21.0 Å². The molecule has 0 aliphatic carbocycles. The van der Waals surface area contributed by atoms with Gasteiger partial charge in [-0.05, 0) is 52.6 Å². The Morgan fingerprint density at radius 3 is 2.68 bits per heavy atom. The van der Waals surface area contributed by atoms with Crippen molar-refractivity contribution in [2.24, 2.45) is 4.99 Å². The van der Waals surface area contributed by atoms with Gasteiger partial charge < -0.3 is 19.9 Å². The number of ether oxygens (including phenoxy) is 1. The molecule has 1 unspecified atom stereocenters. The van der Waals surface area contributed by atoms with Crippen LogP contribution in [0, 0.1) is 0 Å². The molecule has 1 aromatic carbocycles. The highest BCUT2D eigenvalue weighted by Gasteiger charge is 2.41. The monoisotopic (exact) mass is 410 g/mol. The number of hydrogen-bond donors (Lipinski definition) is 1. The van der Waals surface area contributed by atoms with Gasteiger partial charge >= 0.3 is 0 Å². The first-order chi connectivity index (χ1) is 13.1. The van der Waals surface area contributed by atoms with Gasteiger partial charge in [0, 0.05) is 19.6 Å². The summed E-state index contributed by atoms with van der Waals surface area (Å²) in [5, 5.41) is 3.32. The van der Waals surface area contributed by atoms with Gasteiger partial charge in [-0.25, -0.2) is 8.42 Å². The van der Waals surface area contributed by atoms with E-state index in [4.69, 9.17) is 9.73 Å². The average molecular weight is 411 g/mol. The first-order valence-electron chi connectivity index (χ1n) is 9.67. The van der Waals surface area contributed by atoms with Gasteiger partial charge in [0.05, 0.1) is 30.2 Å². The molecule has 1 atom stereocenters. The molecule has 7 nitrogen and oxygen atoms in total. The predicted octanol–water partition coefficient (Wildman–Crippen LogP) is 1.77. The van der Waals surface area contributed by atoms with Gasteiger partial charge in [0.1, 0.15) is 5.75 Å². The molecule has 1 aromatic rings. The van der Waals surface area contributed by atoms with Gasteiger partial charge in [0.2, 0.25) is 0 Å². The third-order valence-corrected chi connectivity index (χ3v) is 7.73. The third kappa shape index (κ3) is 5.17. The number of rotatable bonds is 6. The Morgan fingerprint density at radius 2 is 2.11 bits per heavy atom. The van der Waals surface area contributed by atoms with E-state index >= 15 is 0 Å². The van der Waals surface area contributed by atoms with E-state index in [0.717, 1.165) is 23.8 Å². The highest BCUT2D eigenvalue weighted by Crippen LogP contribution is 2.25. The summed E-state index contributed by atoms with van der Waals surface area (Å²) in [6.45, 7) is 7.79. The predicted molar refractivity (Wildman–Crippen MR) is 115 cm³/mol. The summed E-state index contributed by atoms with van der Waals surface area (Å²) in [5.41, 5.74) is 1.13. The number of hydrogen-bond acceptors (Lipinski definition) is 5. The summed E-state index contributed by atoms with van der Waals surface area (Å²) in [6, 6.07) is 8.11. The average Bonchev–Trinajstić information content (AvgIpc) is 2.63. The second kappa shape index (κ2) is 9.13. The zero-order chi connectivity index (χ0) is 20.9. The maximum absolute atomic E-state index is 12.3. The van der Waals surface area contributed by atoms with Crippen LogP contribution in [0.25, 0.3) is 0 Å². The number of likely N-dealkylation sites (N-methyl/N-ethyl adjacent to an activating group) is 1. The van der Waals surface area contributed by atoms with Gasteiger partial charge in [-0.1, -0.05) is 12.1 Å². The largest absolute Gasteiger partial charge is 0.497 e. The quantitative estimate of drug-likeness (QED) is 0.569. The van der Waals surface area contributed by atoms with E-state index in [2.05, 4.69) is 21.2 Å². The van der Waals surface area contributed by atoms with Gasteiger partial charge in [0.15, 0.2) is 15.8 Å². The van der Waals surface area contributed by atoms with Crippen LogP contribution in [0.2, 0.25) is 0 Å². The summed E-state index contributed by atoms with van der Waals surface area (Å²) < 4.78 is 29.2. The first kappa shape index (κ1) is 22.5. The fourth-order valence-corrected chi connectivity index (χ4v) is 4.70. The molecule has 28 heavy (non-hydrogen) atoms. The van der Waals surface area contributed by atoms with Crippen LogP contribution in [-0.4, -0.2) is 82.1 Å². The van der Waals surface area contributed by atoms with Crippen LogP contribution in [0.4, 0.5) is 0 Å². The van der Waals surface area contributed by atoms with Crippen LogP contribution in [0.15, 0.2) is 29.3 Å². The zero-order valence-corrected chi connectivity index (χ0v) is 18.7. The summed E-state index contributed by atoms with van der Waals surface area (Å²) in [6.07, 6.45) is 0. The van der Waals surface area contributed by atoms with Crippen LogP contribution >= 0.6 is 0 Å². The smallest absolute Gasteiger partial charge is 0.194 e. The Hall–Kier alpha value is -1.80. The first-order valence-corrected chi connectivity index (χ1v) is 11.3. The number of nitrogens with zero attached hydrogens (tertiary/aromatic N) is 3. The number of sulfone groups is 1. The number of nitrogens with one attached hydrogen (secondary N) is 1. The molecule has 0 aromatic heterocycles. The van der Waals surface area contributed by atoms with Crippen molar-refractivity contribution in [3.63, 3.8) is 0 Å². The van der Waals surface area contributed by atoms with Crippen molar-refractivity contribution >= 4 is 15.8 Å². The number of benzene rings is 1. The lowest BCUT2D eigenvalue weighted by Gasteiger charge is -2.39. The van der Waals surface area contributed by atoms with Crippen molar-refractivity contribution < 1.29 is 13.2 Å². The maximum atomic E-state index is 12.3. The van der Waals surface area contributed by atoms with Crippen LogP contribution in [0.1, 0.15) is 32.4 Å². The van der Waals surface area contributed by atoms with Crippen LogP contribution in [0.5, 0.6) is 5.75 Å². The van der Waals surface area contributed by atoms with Gasteiger partial charge in [0.25, 0.3) is 0 Å². The van der Waals surface area contributed by atoms with E-state index in [1.807, 2.05) is 39.2 Å². The minimum absolute atomic E-state index is 0.0882. The van der Waals surface area contributed by atoms with Gasteiger partial charge in [-0.15, -0.1) is 0 Å². The summed E-state index contributed by atoms with van der Waals surface area (Å²) in [5.74, 6) is 1.74. The minimum atomic E-state index is -3.08. The summed E-state index contributed by atoms with van der Waals surface area (Å²) in [4.78, 5) is 9.05. The summed E-state index contributed by atoms with van der Waals surface area (Å²) in [7, 11) is 2.64. The van der Waals surface area contributed by atoms with Crippen molar-refractivity contribution in [2.45, 2.75) is 31.6 Å². The summed E-state index contributed by atoms with van der Waals surface area (Å²) >= 11 is 0. The molecule has 8 heteroatoms. The van der Waals surface area contributed by atoms with E-state index in [-0.39, 0.29) is 11.8 Å². The Balaban J connectivity index is 2.24. The van der Waals surface area contributed by atoms with Gasteiger partial charge in [-0.3, -0.25) is 4.99 Å². The molecule has 1 aliphatic rings. The fourth-order valence-electron chi connectivity index (χ4n) is 3.34. The molecule has 0 radical (unpaired) electrons. The van der Waals surface area contributed by atoms with Crippen LogP contribution in [-0.2, 0) is 9.84 Å². The van der Waals surface area contributed by atoms with Crippen molar-refractivity contribution in [1.29, 1.82) is 0 Å². The molecule has 0 amide bonds. The molecule has 0 saturated carbocycles. The molecule has 1 saturated heterocycles. The second-order valence-corrected chi connectivity index (χ2v) is 10.7. The van der Waals surface area contributed by atoms with Gasteiger partial charge in [-0.2, -0.15) is 0 Å². The highest BCUT2D eigenvalue weighted by molar-refractivity contribution is 7.92. The molecule has 1 N–H and O–H groups in total. The molecule has 1 heterocycles. The standard InChI is InChI=1S/C20H34N4O3S/c1-7-21-19(24-11-12-28(25,26)20(2,3)15-24)22-14-18(23(4)5)16-9-8-10-17(13-16)27-6/h8-10,13,18H,7,11-12,14-15H2,1-6H3,(H,21,22). The minimum Gasteiger partial charge on any atom is -0.497 e. The SMILES string of the molecule is CCNC(=NCC(c1cccc(OC)c1)N(C)C)N1CCS(=O)(=O)C(C)(C)C1. The normalized spacial score (nSPS) is 20.1. The van der Waals surface area contributed by atoms with Crippen molar-refractivity contribution in [1.82, 2.24) is 15.1 Å². The number of methoxy groups -OCH3 is 1. The molecule has 1 fully saturated rings. The molecule has 158 valence electrons. The Labute approximate surface area is 169 Å². The van der Waals surface area contributed by atoms with Crippen LogP contribution < -0.4 is 10.1 Å². The van der Waals surface area contributed by atoms with E-state index in [0.29, 0.717) is 19.6 Å². The lowest BCUT2D eigenvalue weighted by molar-refractivity contribution is 0.302.